The van der Waals surface area contributed by atoms with Crippen LogP contribution in [-0.4, -0.2) is 38.6 Å². The third-order valence-corrected chi connectivity index (χ3v) is 4.23. The van der Waals surface area contributed by atoms with Crippen molar-refractivity contribution in [1.29, 1.82) is 0 Å². The van der Waals surface area contributed by atoms with Crippen molar-refractivity contribution < 1.29 is 9.59 Å². The normalized spacial score (nSPS) is 23.1. The van der Waals surface area contributed by atoms with Gasteiger partial charge in [0.15, 0.2) is 0 Å². The van der Waals surface area contributed by atoms with Crippen LogP contribution in [0.2, 0.25) is 5.02 Å². The Morgan fingerprint density at radius 1 is 1.40 bits per heavy atom. The quantitative estimate of drug-likeness (QED) is 0.905. The van der Waals surface area contributed by atoms with Crippen LogP contribution >= 0.6 is 11.6 Å². The predicted molar refractivity (Wildman–Crippen MR) is 75.2 cm³/mol. The fourth-order valence-corrected chi connectivity index (χ4v) is 2.61. The lowest BCUT2D eigenvalue weighted by Crippen LogP contribution is -2.61. The lowest BCUT2D eigenvalue weighted by atomic mass is 10.1. The molecule has 1 aliphatic rings. The molecule has 1 saturated heterocycles. The van der Waals surface area contributed by atoms with Crippen LogP contribution in [0.4, 0.5) is 0 Å². The molecule has 2 amide bonds. The maximum Gasteiger partial charge on any atom is 0.246 e. The van der Waals surface area contributed by atoms with Crippen LogP contribution in [0.25, 0.3) is 0 Å². The summed E-state index contributed by atoms with van der Waals surface area (Å²) in [7, 11) is 1.78. The lowest BCUT2D eigenvalue weighted by molar-refractivity contribution is -0.149. The van der Waals surface area contributed by atoms with E-state index >= 15 is 0 Å². The highest BCUT2D eigenvalue weighted by Gasteiger charge is 2.37. The van der Waals surface area contributed by atoms with Gasteiger partial charge in [0, 0.05) is 7.05 Å². The van der Waals surface area contributed by atoms with Gasteiger partial charge in [0.2, 0.25) is 11.8 Å². The summed E-state index contributed by atoms with van der Waals surface area (Å²) in [6.45, 7) is 5.70. The summed E-state index contributed by atoms with van der Waals surface area (Å²) in [6, 6.07) is -0.955. The average molecular weight is 299 g/mol. The Hall–Kier alpha value is -1.56. The summed E-state index contributed by atoms with van der Waals surface area (Å²) in [5.74, 6) is -0.207. The van der Waals surface area contributed by atoms with Gasteiger partial charge in [-0.1, -0.05) is 18.5 Å². The van der Waals surface area contributed by atoms with Crippen molar-refractivity contribution >= 4 is 23.4 Å². The topological polar surface area (TPSA) is 67.2 Å². The molecular weight excluding hydrogens is 280 g/mol. The van der Waals surface area contributed by atoms with E-state index in [1.807, 2.05) is 13.8 Å². The molecule has 7 heteroatoms. The van der Waals surface area contributed by atoms with Crippen LogP contribution in [0.1, 0.15) is 31.7 Å². The molecule has 0 aromatic carbocycles. The number of rotatable bonds is 3. The number of aryl methyl sites for hydroxylation is 2. The average Bonchev–Trinajstić information content (AvgIpc) is 2.64. The van der Waals surface area contributed by atoms with Crippen LogP contribution in [0.3, 0.4) is 0 Å². The Balaban J connectivity index is 2.30. The number of carbonyl (C=O) groups is 2. The monoisotopic (exact) mass is 298 g/mol. The first-order chi connectivity index (χ1) is 9.36. The second kappa shape index (κ2) is 5.44. The molecule has 0 spiro atoms. The molecule has 0 bridgehead atoms. The minimum atomic E-state index is -0.503. The van der Waals surface area contributed by atoms with Crippen LogP contribution in [0.15, 0.2) is 0 Å². The SMILES string of the molecule is CCC1NC(=O)C(C)N(Cc2c(Cl)c(C)nn2C)C1=O. The van der Waals surface area contributed by atoms with Crippen molar-refractivity contribution in [3.8, 4) is 0 Å². The van der Waals surface area contributed by atoms with Gasteiger partial charge in [0.1, 0.15) is 12.1 Å². The highest BCUT2D eigenvalue weighted by molar-refractivity contribution is 6.31. The lowest BCUT2D eigenvalue weighted by Gasteiger charge is -2.37. The number of hydrogen-bond donors (Lipinski definition) is 1. The number of hydrogen-bond acceptors (Lipinski definition) is 3. The summed E-state index contributed by atoms with van der Waals surface area (Å²) in [5.41, 5.74) is 1.46. The molecule has 20 heavy (non-hydrogen) atoms. The fourth-order valence-electron chi connectivity index (χ4n) is 2.39. The number of carbonyl (C=O) groups excluding carboxylic acids is 2. The largest absolute Gasteiger partial charge is 0.343 e. The molecule has 0 saturated carbocycles. The molecule has 1 aliphatic heterocycles. The minimum Gasteiger partial charge on any atom is -0.343 e. The van der Waals surface area contributed by atoms with E-state index in [4.69, 9.17) is 11.6 Å². The number of nitrogens with zero attached hydrogens (tertiary/aromatic N) is 3. The number of amides is 2. The molecule has 110 valence electrons. The fraction of sp³-hybridized carbons (Fsp3) is 0.615. The molecule has 1 N–H and O–H groups in total. The van der Waals surface area contributed by atoms with Crippen LogP contribution in [-0.2, 0) is 23.2 Å². The summed E-state index contributed by atoms with van der Waals surface area (Å²) in [6.07, 6.45) is 0.575. The number of nitrogens with one attached hydrogen (secondary N) is 1. The van der Waals surface area contributed by atoms with Gasteiger partial charge < -0.3 is 10.2 Å². The molecule has 1 fully saturated rings. The molecule has 1 aromatic rings. The third kappa shape index (κ3) is 2.40. The van der Waals surface area contributed by atoms with E-state index in [-0.39, 0.29) is 11.8 Å². The summed E-state index contributed by atoms with van der Waals surface area (Å²) < 4.78 is 1.66. The zero-order chi connectivity index (χ0) is 15.0. The molecule has 2 atom stereocenters. The van der Waals surface area contributed by atoms with Crippen molar-refractivity contribution in [2.75, 3.05) is 0 Å². The van der Waals surface area contributed by atoms with Gasteiger partial charge in [0.25, 0.3) is 0 Å². The van der Waals surface area contributed by atoms with E-state index in [2.05, 4.69) is 10.4 Å². The molecule has 2 heterocycles. The van der Waals surface area contributed by atoms with Crippen LogP contribution in [0, 0.1) is 6.92 Å². The zero-order valence-corrected chi connectivity index (χ0v) is 12.9. The van der Waals surface area contributed by atoms with Crippen molar-refractivity contribution in [2.24, 2.45) is 7.05 Å². The van der Waals surface area contributed by atoms with Crippen molar-refractivity contribution in [3.63, 3.8) is 0 Å². The van der Waals surface area contributed by atoms with Gasteiger partial charge in [0.05, 0.1) is 23.0 Å². The smallest absolute Gasteiger partial charge is 0.246 e. The summed E-state index contributed by atoms with van der Waals surface area (Å²) >= 11 is 6.21. The predicted octanol–water partition coefficient (Wildman–Crippen LogP) is 1.01. The molecule has 2 rings (SSSR count). The van der Waals surface area contributed by atoms with Crippen LogP contribution < -0.4 is 5.32 Å². The Labute approximate surface area is 123 Å². The molecule has 0 radical (unpaired) electrons. The van der Waals surface area contributed by atoms with E-state index in [1.54, 1.807) is 23.6 Å². The first kappa shape index (κ1) is 14.8. The van der Waals surface area contributed by atoms with Gasteiger partial charge in [-0.2, -0.15) is 5.10 Å². The number of aromatic nitrogens is 2. The highest BCUT2D eigenvalue weighted by atomic mass is 35.5. The molecule has 0 aliphatic carbocycles. The maximum atomic E-state index is 12.4. The molecule has 1 aromatic heterocycles. The van der Waals surface area contributed by atoms with Crippen molar-refractivity contribution in [3.05, 3.63) is 16.4 Å². The maximum absolute atomic E-state index is 12.4. The third-order valence-electron chi connectivity index (χ3n) is 3.73. The number of halogens is 1. The van der Waals surface area contributed by atoms with Gasteiger partial charge in [-0.25, -0.2) is 0 Å². The second-order valence-electron chi connectivity index (χ2n) is 5.08. The minimum absolute atomic E-state index is 0.0745. The van der Waals surface area contributed by atoms with E-state index < -0.39 is 12.1 Å². The summed E-state index contributed by atoms with van der Waals surface area (Å²) in [4.78, 5) is 25.9. The van der Waals surface area contributed by atoms with E-state index in [1.165, 1.54) is 0 Å². The standard InChI is InChI=1S/C13H19ClN4O2/c1-5-9-13(20)18(8(3)12(19)15-9)6-10-11(14)7(2)16-17(10)4/h8-9H,5-6H2,1-4H3,(H,15,19). The van der Waals surface area contributed by atoms with Crippen LogP contribution in [0.5, 0.6) is 0 Å². The van der Waals surface area contributed by atoms with Crippen molar-refractivity contribution in [2.45, 2.75) is 45.8 Å². The van der Waals surface area contributed by atoms with Gasteiger partial charge in [-0.15, -0.1) is 0 Å². The molecular formula is C13H19ClN4O2. The van der Waals surface area contributed by atoms with E-state index in [0.717, 1.165) is 11.4 Å². The molecule has 2 unspecified atom stereocenters. The Morgan fingerprint density at radius 3 is 2.55 bits per heavy atom. The van der Waals surface area contributed by atoms with Gasteiger partial charge >= 0.3 is 0 Å². The Kier molecular flexibility index (Phi) is 4.04. The van der Waals surface area contributed by atoms with Crippen molar-refractivity contribution in [1.82, 2.24) is 20.0 Å². The number of piperazine rings is 1. The highest BCUT2D eigenvalue weighted by Crippen LogP contribution is 2.23. The second-order valence-corrected chi connectivity index (χ2v) is 5.46. The van der Waals surface area contributed by atoms with E-state index in [0.29, 0.717) is 18.0 Å². The van der Waals surface area contributed by atoms with Gasteiger partial charge in [-0.3, -0.25) is 14.3 Å². The van der Waals surface area contributed by atoms with E-state index in [9.17, 15) is 9.59 Å². The van der Waals surface area contributed by atoms with Gasteiger partial charge in [-0.05, 0) is 20.3 Å². The molecule has 6 nitrogen and oxygen atoms in total. The first-order valence-electron chi connectivity index (χ1n) is 6.65. The summed E-state index contributed by atoms with van der Waals surface area (Å²) in [5, 5.41) is 7.51. The zero-order valence-electron chi connectivity index (χ0n) is 12.1. The first-order valence-corrected chi connectivity index (χ1v) is 7.03. The Morgan fingerprint density at radius 2 is 2.05 bits per heavy atom. The Bertz CT molecular complexity index is 555.